The Bertz CT molecular complexity index is 482. The molecule has 0 fully saturated rings. The molecular formula is C11H13N3OS. The van der Waals surface area contributed by atoms with Crippen LogP contribution < -0.4 is 0 Å². The molecule has 2 rings (SSSR count). The van der Waals surface area contributed by atoms with Gasteiger partial charge in [0.1, 0.15) is 5.69 Å². The van der Waals surface area contributed by atoms with E-state index in [9.17, 15) is 5.11 Å². The fourth-order valence-electron chi connectivity index (χ4n) is 1.40. The summed E-state index contributed by atoms with van der Waals surface area (Å²) in [5, 5.41) is 17.3. The van der Waals surface area contributed by atoms with Crippen LogP contribution in [0.1, 0.15) is 18.7 Å². The molecule has 0 spiro atoms. The summed E-state index contributed by atoms with van der Waals surface area (Å²) in [4.78, 5) is 1.13. The molecule has 84 valence electrons. The zero-order valence-corrected chi connectivity index (χ0v) is 9.98. The molecule has 0 aliphatic carbocycles. The molecule has 0 saturated carbocycles. The number of hydrogen-bond donors (Lipinski definition) is 1. The number of rotatable bonds is 3. The predicted octanol–water partition coefficient (Wildman–Crippen LogP) is 2.04. The Kier molecular flexibility index (Phi) is 3.26. The molecule has 4 nitrogen and oxygen atoms in total. The molecule has 0 saturated heterocycles. The molecule has 0 aliphatic rings. The highest BCUT2D eigenvalue weighted by Gasteiger charge is 2.09. The summed E-state index contributed by atoms with van der Waals surface area (Å²) in [6.07, 6.45) is 3.18. The van der Waals surface area contributed by atoms with Gasteiger partial charge in [0, 0.05) is 4.90 Å². The van der Waals surface area contributed by atoms with Crippen LogP contribution in [0.15, 0.2) is 35.4 Å². The van der Waals surface area contributed by atoms with Crippen molar-refractivity contribution < 1.29 is 5.11 Å². The summed E-state index contributed by atoms with van der Waals surface area (Å²) in [6.45, 7) is 1.68. The van der Waals surface area contributed by atoms with Crippen molar-refractivity contribution in [2.24, 2.45) is 0 Å². The third-order valence-corrected chi connectivity index (χ3v) is 3.06. The second kappa shape index (κ2) is 4.67. The number of aliphatic hydroxyl groups is 1. The average Bonchev–Trinajstić information content (AvgIpc) is 2.78. The van der Waals surface area contributed by atoms with Crippen LogP contribution in [0.2, 0.25) is 0 Å². The van der Waals surface area contributed by atoms with Gasteiger partial charge in [-0.2, -0.15) is 0 Å². The molecule has 1 aromatic carbocycles. The van der Waals surface area contributed by atoms with E-state index in [-0.39, 0.29) is 0 Å². The average molecular weight is 235 g/mol. The van der Waals surface area contributed by atoms with Gasteiger partial charge in [0.2, 0.25) is 0 Å². The smallest absolute Gasteiger partial charge is 0.111 e. The number of nitrogens with zero attached hydrogens (tertiary/aromatic N) is 3. The normalized spacial score (nSPS) is 12.7. The Labute approximate surface area is 98.3 Å². The van der Waals surface area contributed by atoms with Gasteiger partial charge in [0.15, 0.2) is 0 Å². The van der Waals surface area contributed by atoms with Gasteiger partial charge in [-0.1, -0.05) is 17.3 Å². The van der Waals surface area contributed by atoms with Crippen LogP contribution in [0.5, 0.6) is 0 Å². The van der Waals surface area contributed by atoms with E-state index in [1.54, 1.807) is 29.6 Å². The van der Waals surface area contributed by atoms with Crippen molar-refractivity contribution in [3.63, 3.8) is 0 Å². The quantitative estimate of drug-likeness (QED) is 0.827. The standard InChI is InChI=1S/C11H13N3OS/c1-8(15)9-7-14(13-12-9)10-5-3-4-6-11(10)16-2/h3-8,15H,1-2H3/t8-/m1/s1. The lowest BCUT2D eigenvalue weighted by atomic mass is 10.3. The fourth-order valence-corrected chi connectivity index (χ4v) is 1.99. The van der Waals surface area contributed by atoms with E-state index in [1.165, 1.54) is 0 Å². The minimum Gasteiger partial charge on any atom is -0.387 e. The van der Waals surface area contributed by atoms with E-state index in [1.807, 2.05) is 30.5 Å². The lowest BCUT2D eigenvalue weighted by Gasteiger charge is -2.05. The first-order valence-corrected chi connectivity index (χ1v) is 6.18. The lowest BCUT2D eigenvalue weighted by molar-refractivity contribution is 0.194. The van der Waals surface area contributed by atoms with Crippen LogP contribution in [0.4, 0.5) is 0 Å². The number of aromatic nitrogens is 3. The summed E-state index contributed by atoms with van der Waals surface area (Å²) in [5.41, 5.74) is 1.56. The van der Waals surface area contributed by atoms with Gasteiger partial charge < -0.3 is 5.11 Å². The molecule has 5 heteroatoms. The highest BCUT2D eigenvalue weighted by molar-refractivity contribution is 7.98. The molecule has 1 heterocycles. The number of thioether (sulfide) groups is 1. The first-order chi connectivity index (χ1) is 7.72. The minimum atomic E-state index is -0.588. The van der Waals surface area contributed by atoms with E-state index >= 15 is 0 Å². The minimum absolute atomic E-state index is 0.580. The van der Waals surface area contributed by atoms with Gasteiger partial charge in [-0.25, -0.2) is 4.68 Å². The van der Waals surface area contributed by atoms with E-state index in [4.69, 9.17) is 0 Å². The molecule has 0 radical (unpaired) electrons. The molecule has 0 amide bonds. The first-order valence-electron chi connectivity index (χ1n) is 4.96. The van der Waals surface area contributed by atoms with Gasteiger partial charge in [0.05, 0.1) is 18.0 Å². The summed E-state index contributed by atoms with van der Waals surface area (Å²) in [5.74, 6) is 0. The van der Waals surface area contributed by atoms with E-state index in [2.05, 4.69) is 10.3 Å². The van der Waals surface area contributed by atoms with Crippen LogP contribution in [-0.2, 0) is 0 Å². The number of benzene rings is 1. The molecule has 1 aromatic heterocycles. The number of aliphatic hydroxyl groups excluding tert-OH is 1. The monoisotopic (exact) mass is 235 g/mol. The topological polar surface area (TPSA) is 50.9 Å². The molecule has 0 aliphatic heterocycles. The molecule has 1 atom stereocenters. The molecule has 0 unspecified atom stereocenters. The van der Waals surface area contributed by atoms with Crippen LogP contribution in [0.3, 0.4) is 0 Å². The molecule has 0 bridgehead atoms. The first kappa shape index (κ1) is 11.2. The number of hydrogen-bond acceptors (Lipinski definition) is 4. The summed E-state index contributed by atoms with van der Waals surface area (Å²) in [6, 6.07) is 7.96. The fraction of sp³-hybridized carbons (Fsp3) is 0.273. The molecule has 16 heavy (non-hydrogen) atoms. The third-order valence-electron chi connectivity index (χ3n) is 2.27. The Morgan fingerprint density at radius 2 is 2.12 bits per heavy atom. The van der Waals surface area contributed by atoms with E-state index in [0.29, 0.717) is 5.69 Å². The summed E-state index contributed by atoms with van der Waals surface area (Å²) in [7, 11) is 0. The van der Waals surface area contributed by atoms with Gasteiger partial charge in [-0.15, -0.1) is 16.9 Å². The van der Waals surface area contributed by atoms with Crippen molar-refractivity contribution in [3.8, 4) is 5.69 Å². The Morgan fingerprint density at radius 1 is 1.38 bits per heavy atom. The van der Waals surface area contributed by atoms with Crippen molar-refractivity contribution in [3.05, 3.63) is 36.2 Å². The van der Waals surface area contributed by atoms with Crippen LogP contribution in [0, 0.1) is 0 Å². The molecular weight excluding hydrogens is 222 g/mol. The molecule has 1 N–H and O–H groups in total. The van der Waals surface area contributed by atoms with Crippen molar-refractivity contribution in [1.82, 2.24) is 15.0 Å². The van der Waals surface area contributed by atoms with E-state index < -0.39 is 6.10 Å². The number of para-hydroxylation sites is 1. The second-order valence-corrected chi connectivity index (χ2v) is 4.28. The Morgan fingerprint density at radius 3 is 2.75 bits per heavy atom. The Balaban J connectivity index is 2.42. The maximum atomic E-state index is 9.39. The summed E-state index contributed by atoms with van der Waals surface area (Å²) >= 11 is 1.66. The maximum absolute atomic E-state index is 9.39. The predicted molar refractivity (Wildman–Crippen MR) is 63.8 cm³/mol. The van der Waals surface area contributed by atoms with Crippen molar-refractivity contribution in [2.75, 3.05) is 6.26 Å². The van der Waals surface area contributed by atoms with Crippen LogP contribution in [0.25, 0.3) is 5.69 Å². The Hall–Kier alpha value is -1.33. The van der Waals surface area contributed by atoms with Crippen molar-refractivity contribution >= 4 is 11.8 Å². The zero-order chi connectivity index (χ0) is 11.5. The maximum Gasteiger partial charge on any atom is 0.111 e. The van der Waals surface area contributed by atoms with Crippen molar-refractivity contribution in [1.29, 1.82) is 0 Å². The van der Waals surface area contributed by atoms with Gasteiger partial charge in [-0.3, -0.25) is 0 Å². The zero-order valence-electron chi connectivity index (χ0n) is 9.16. The molecule has 2 aromatic rings. The SMILES string of the molecule is CSc1ccccc1-n1cc([C@@H](C)O)nn1. The highest BCUT2D eigenvalue weighted by atomic mass is 32.2. The second-order valence-electron chi connectivity index (χ2n) is 3.44. The van der Waals surface area contributed by atoms with Crippen LogP contribution in [-0.4, -0.2) is 26.4 Å². The van der Waals surface area contributed by atoms with Gasteiger partial charge >= 0.3 is 0 Å². The summed E-state index contributed by atoms with van der Waals surface area (Å²) < 4.78 is 1.69. The largest absolute Gasteiger partial charge is 0.387 e. The van der Waals surface area contributed by atoms with Gasteiger partial charge in [0.25, 0.3) is 0 Å². The van der Waals surface area contributed by atoms with Gasteiger partial charge in [-0.05, 0) is 25.3 Å². The van der Waals surface area contributed by atoms with E-state index in [0.717, 1.165) is 10.6 Å². The van der Waals surface area contributed by atoms with Crippen molar-refractivity contribution in [2.45, 2.75) is 17.9 Å². The van der Waals surface area contributed by atoms with Crippen LogP contribution >= 0.6 is 11.8 Å². The highest BCUT2D eigenvalue weighted by Crippen LogP contribution is 2.23. The lowest BCUT2D eigenvalue weighted by Crippen LogP contribution is -1.96. The third kappa shape index (κ3) is 2.10.